The van der Waals surface area contributed by atoms with Crippen LogP contribution in [0, 0.1) is 6.92 Å². The summed E-state index contributed by atoms with van der Waals surface area (Å²) in [5.74, 6) is 1.15. The molecule has 21 heavy (non-hydrogen) atoms. The third kappa shape index (κ3) is 4.87. The van der Waals surface area contributed by atoms with Crippen LogP contribution in [0.5, 0.6) is 5.75 Å². The zero-order chi connectivity index (χ0) is 15.6. The van der Waals surface area contributed by atoms with E-state index in [2.05, 4.69) is 19.2 Å². The van der Waals surface area contributed by atoms with Gasteiger partial charge in [0.15, 0.2) is 0 Å². The van der Waals surface area contributed by atoms with Gasteiger partial charge in [-0.1, -0.05) is 25.4 Å². The van der Waals surface area contributed by atoms with Gasteiger partial charge in [0.05, 0.1) is 0 Å². The molecular weight excluding hydrogens is 286 g/mol. The topological polar surface area (TPSA) is 41.5 Å². The molecule has 0 heterocycles. The largest absolute Gasteiger partial charge is 0.490 e. The van der Waals surface area contributed by atoms with Crippen LogP contribution in [0.1, 0.15) is 50.7 Å². The second-order valence-electron chi connectivity index (χ2n) is 6.73. The average molecular weight is 312 g/mol. The number of nitrogens with one attached hydrogen (secondary N) is 1. The van der Waals surface area contributed by atoms with E-state index < -0.39 is 5.60 Å². The molecule has 3 nitrogen and oxygen atoms in total. The number of aliphatic hydroxyl groups is 1. The van der Waals surface area contributed by atoms with Gasteiger partial charge in [0.1, 0.15) is 18.0 Å². The number of benzene rings is 1. The van der Waals surface area contributed by atoms with Gasteiger partial charge < -0.3 is 15.2 Å². The molecule has 1 aliphatic rings. The summed E-state index contributed by atoms with van der Waals surface area (Å²) in [5, 5.41) is 14.5. The number of hydrogen-bond donors (Lipinski definition) is 2. The first-order chi connectivity index (χ1) is 9.78. The summed E-state index contributed by atoms with van der Waals surface area (Å²) < 4.78 is 5.85. The monoisotopic (exact) mass is 311 g/mol. The van der Waals surface area contributed by atoms with E-state index in [4.69, 9.17) is 16.3 Å². The maximum atomic E-state index is 10.4. The summed E-state index contributed by atoms with van der Waals surface area (Å²) in [6.45, 7) is 8.82. The molecule has 2 rings (SSSR count). The van der Waals surface area contributed by atoms with Gasteiger partial charge in [0, 0.05) is 17.6 Å². The van der Waals surface area contributed by atoms with Crippen molar-refractivity contribution in [3.63, 3.8) is 0 Å². The molecule has 1 aromatic rings. The number of aryl methyl sites for hydroxylation is 1. The van der Waals surface area contributed by atoms with Crippen LogP contribution >= 0.6 is 11.6 Å². The molecule has 4 heteroatoms. The molecule has 1 unspecified atom stereocenters. The number of halogens is 1. The first-order valence-electron chi connectivity index (χ1n) is 7.67. The molecule has 0 bridgehead atoms. The SMILES string of the molecule is Cc1cc(Cl)c(C(C)C)cc1OCC(C)(O)CNC1CC1. The van der Waals surface area contributed by atoms with Gasteiger partial charge in [-0.2, -0.15) is 0 Å². The van der Waals surface area contributed by atoms with Gasteiger partial charge in [-0.05, 0) is 55.9 Å². The first kappa shape index (κ1) is 16.6. The Kier molecular flexibility index (Phi) is 5.18. The van der Waals surface area contributed by atoms with Gasteiger partial charge in [-0.25, -0.2) is 0 Å². The van der Waals surface area contributed by atoms with E-state index in [9.17, 15) is 5.11 Å². The Morgan fingerprint density at radius 2 is 2.10 bits per heavy atom. The normalized spacial score (nSPS) is 17.9. The highest BCUT2D eigenvalue weighted by atomic mass is 35.5. The fourth-order valence-corrected chi connectivity index (χ4v) is 2.64. The number of rotatable bonds is 7. The highest BCUT2D eigenvalue weighted by molar-refractivity contribution is 6.31. The molecule has 0 spiro atoms. The van der Waals surface area contributed by atoms with Crippen LogP contribution in [0.15, 0.2) is 12.1 Å². The zero-order valence-electron chi connectivity index (χ0n) is 13.4. The van der Waals surface area contributed by atoms with Crippen molar-refractivity contribution >= 4 is 11.6 Å². The molecule has 1 atom stereocenters. The van der Waals surface area contributed by atoms with Crippen molar-refractivity contribution in [2.24, 2.45) is 0 Å². The predicted molar refractivity (Wildman–Crippen MR) is 87.4 cm³/mol. The lowest BCUT2D eigenvalue weighted by molar-refractivity contribution is 0.0118. The molecule has 0 saturated heterocycles. The van der Waals surface area contributed by atoms with Gasteiger partial charge in [0.25, 0.3) is 0 Å². The second-order valence-corrected chi connectivity index (χ2v) is 7.14. The first-order valence-corrected chi connectivity index (χ1v) is 8.05. The summed E-state index contributed by atoms with van der Waals surface area (Å²) in [7, 11) is 0. The van der Waals surface area contributed by atoms with Crippen molar-refractivity contribution < 1.29 is 9.84 Å². The molecule has 1 fully saturated rings. The van der Waals surface area contributed by atoms with Crippen molar-refractivity contribution in [3.05, 3.63) is 28.3 Å². The Morgan fingerprint density at radius 3 is 2.67 bits per heavy atom. The van der Waals surface area contributed by atoms with Crippen LogP contribution in [-0.4, -0.2) is 29.9 Å². The Bertz CT molecular complexity index is 496. The maximum Gasteiger partial charge on any atom is 0.122 e. The summed E-state index contributed by atoms with van der Waals surface area (Å²) in [6, 6.07) is 4.51. The van der Waals surface area contributed by atoms with Crippen molar-refractivity contribution in [1.29, 1.82) is 0 Å². The van der Waals surface area contributed by atoms with E-state index in [0.717, 1.165) is 21.9 Å². The predicted octanol–water partition coefficient (Wildman–Crippen LogP) is 3.65. The summed E-state index contributed by atoms with van der Waals surface area (Å²) in [4.78, 5) is 0. The fourth-order valence-electron chi connectivity index (χ4n) is 2.20. The van der Waals surface area contributed by atoms with Gasteiger partial charge in [-0.15, -0.1) is 0 Å². The van der Waals surface area contributed by atoms with Crippen LogP contribution < -0.4 is 10.1 Å². The number of ether oxygens (including phenoxy) is 1. The molecule has 1 aromatic carbocycles. The van der Waals surface area contributed by atoms with Crippen LogP contribution in [0.4, 0.5) is 0 Å². The summed E-state index contributed by atoms with van der Waals surface area (Å²) in [6.07, 6.45) is 2.43. The van der Waals surface area contributed by atoms with Gasteiger partial charge in [-0.3, -0.25) is 0 Å². The van der Waals surface area contributed by atoms with Crippen LogP contribution in [0.25, 0.3) is 0 Å². The lowest BCUT2D eigenvalue weighted by Gasteiger charge is -2.25. The molecule has 1 saturated carbocycles. The molecule has 0 radical (unpaired) electrons. The van der Waals surface area contributed by atoms with Crippen LogP contribution in [0.2, 0.25) is 5.02 Å². The molecule has 118 valence electrons. The lowest BCUT2D eigenvalue weighted by atomic mass is 10.0. The van der Waals surface area contributed by atoms with Crippen LogP contribution in [0.3, 0.4) is 0 Å². The van der Waals surface area contributed by atoms with Gasteiger partial charge in [0.2, 0.25) is 0 Å². The number of hydrogen-bond acceptors (Lipinski definition) is 3. The summed E-state index contributed by atoms with van der Waals surface area (Å²) >= 11 is 6.26. The standard InChI is InChI=1S/C17H26ClNO2/c1-11(2)14-8-16(12(3)7-15(14)18)21-10-17(4,20)9-19-13-5-6-13/h7-8,11,13,19-20H,5-6,9-10H2,1-4H3. The van der Waals surface area contributed by atoms with E-state index in [0.29, 0.717) is 18.5 Å². The molecular formula is C17H26ClNO2. The Labute approximate surface area is 132 Å². The second kappa shape index (κ2) is 6.55. The molecule has 0 amide bonds. The van der Waals surface area contributed by atoms with E-state index >= 15 is 0 Å². The highest BCUT2D eigenvalue weighted by Gasteiger charge is 2.27. The minimum atomic E-state index is -0.868. The van der Waals surface area contributed by atoms with E-state index in [1.54, 1.807) is 6.92 Å². The minimum absolute atomic E-state index is 0.271. The Hall–Kier alpha value is -0.770. The molecule has 1 aliphatic carbocycles. The average Bonchev–Trinajstić information content (AvgIpc) is 3.19. The minimum Gasteiger partial charge on any atom is -0.490 e. The molecule has 0 aromatic heterocycles. The van der Waals surface area contributed by atoms with E-state index in [1.807, 2.05) is 19.1 Å². The van der Waals surface area contributed by atoms with E-state index in [-0.39, 0.29) is 6.61 Å². The quantitative estimate of drug-likeness (QED) is 0.807. The third-order valence-electron chi connectivity index (χ3n) is 3.80. The van der Waals surface area contributed by atoms with Crippen molar-refractivity contribution in [2.75, 3.05) is 13.2 Å². The van der Waals surface area contributed by atoms with Crippen molar-refractivity contribution in [1.82, 2.24) is 5.32 Å². The smallest absolute Gasteiger partial charge is 0.122 e. The van der Waals surface area contributed by atoms with Gasteiger partial charge >= 0.3 is 0 Å². The zero-order valence-corrected chi connectivity index (χ0v) is 14.1. The maximum absolute atomic E-state index is 10.4. The fraction of sp³-hybridized carbons (Fsp3) is 0.647. The third-order valence-corrected chi connectivity index (χ3v) is 4.13. The van der Waals surface area contributed by atoms with E-state index in [1.165, 1.54) is 12.8 Å². The Balaban J connectivity index is 1.99. The van der Waals surface area contributed by atoms with Crippen LogP contribution in [-0.2, 0) is 0 Å². The molecule has 0 aliphatic heterocycles. The van der Waals surface area contributed by atoms with Crippen molar-refractivity contribution in [2.45, 2.75) is 58.1 Å². The lowest BCUT2D eigenvalue weighted by Crippen LogP contribution is -2.43. The molecule has 2 N–H and O–H groups in total. The Morgan fingerprint density at radius 1 is 1.43 bits per heavy atom. The summed E-state index contributed by atoms with van der Waals surface area (Å²) in [5.41, 5.74) is 1.20. The van der Waals surface area contributed by atoms with Crippen molar-refractivity contribution in [3.8, 4) is 5.75 Å². The highest BCUT2D eigenvalue weighted by Crippen LogP contribution is 2.31.